The van der Waals surface area contributed by atoms with Crippen LogP contribution < -0.4 is 0 Å². The van der Waals surface area contributed by atoms with Gasteiger partial charge in [0.1, 0.15) is 0 Å². The van der Waals surface area contributed by atoms with E-state index in [4.69, 9.17) is 9.30 Å². The second kappa shape index (κ2) is 19.7. The Bertz CT molecular complexity index is 415. The van der Waals surface area contributed by atoms with E-state index in [1.165, 1.54) is 36.2 Å². The molecule has 0 heterocycles. The molecule has 0 spiro atoms. The Balaban J connectivity index is 0.000000667. The van der Waals surface area contributed by atoms with Crippen molar-refractivity contribution in [1.82, 2.24) is 0 Å². The molecule has 0 atom stereocenters. The largest absolute Gasteiger partial charge is 0.214 e. The molecule has 0 aliphatic heterocycles. The van der Waals surface area contributed by atoms with E-state index in [1.807, 2.05) is 30.3 Å². The predicted molar refractivity (Wildman–Crippen MR) is 117 cm³/mol. The molecule has 4 rings (SSSR count). The molecule has 3 fully saturated rings. The summed E-state index contributed by atoms with van der Waals surface area (Å²) in [5.41, 5.74) is 3.57. The quantitative estimate of drug-likeness (QED) is 0.193. The number of hydrogen-bond acceptors (Lipinski definition) is 0. The van der Waals surface area contributed by atoms with Crippen LogP contribution in [0.1, 0.15) is 96.3 Å². The summed E-state index contributed by atoms with van der Waals surface area (Å²) in [6.07, 6.45) is 23.6. The van der Waals surface area contributed by atoms with Gasteiger partial charge in [0.05, 0.1) is 0 Å². The normalized spacial score (nSPS) is 20.4. The van der Waals surface area contributed by atoms with Crippen LogP contribution in [0.25, 0.3) is 0 Å². The molecule has 0 amide bonds. The minimum atomic E-state index is 0. The molecule has 0 bridgehead atoms. The molecule has 1 aromatic rings. The summed E-state index contributed by atoms with van der Waals surface area (Å²) in [7, 11) is 0.385. The van der Waals surface area contributed by atoms with Crippen LogP contribution in [0.2, 0.25) is 0 Å². The van der Waals surface area contributed by atoms with Gasteiger partial charge in [-0.2, -0.15) is 18.2 Å². The minimum Gasteiger partial charge on any atom is -0.214 e. The molecule has 0 unspecified atom stereocenters. The van der Waals surface area contributed by atoms with E-state index in [0.717, 1.165) is 0 Å². The van der Waals surface area contributed by atoms with Crippen molar-refractivity contribution in [1.29, 1.82) is 0 Å². The van der Waals surface area contributed by atoms with Gasteiger partial charge in [-0.15, -0.1) is 0 Å². The third kappa shape index (κ3) is 11.1. The Kier molecular flexibility index (Phi) is 19.6. The van der Waals surface area contributed by atoms with E-state index in [-0.39, 0.29) is 17.1 Å². The molecule has 3 aliphatic rings. The van der Waals surface area contributed by atoms with Crippen LogP contribution in [0.3, 0.4) is 0 Å². The van der Waals surface area contributed by atoms with Gasteiger partial charge in [-0.05, 0) is 55.5 Å². The molecule has 163 valence electrons. The van der Waals surface area contributed by atoms with Gasteiger partial charge in [-0.1, -0.05) is 65.7 Å². The van der Waals surface area contributed by atoms with Crippen molar-refractivity contribution in [3.05, 3.63) is 43.6 Å². The summed E-state index contributed by atoms with van der Waals surface area (Å²) in [6, 6.07) is 10.0. The Hall–Kier alpha value is -0.221. The first-order valence-electron chi connectivity index (χ1n) is 11.3. The summed E-state index contributed by atoms with van der Waals surface area (Å²) in [5.74, 6) is 0. The second-order valence-electron chi connectivity index (χ2n) is 8.28. The average Bonchev–Trinajstić information content (AvgIpc) is 3.39. The van der Waals surface area contributed by atoms with Gasteiger partial charge in [0.25, 0.3) is 0 Å². The zero-order valence-electron chi connectivity index (χ0n) is 17.9. The van der Waals surface area contributed by atoms with Crippen molar-refractivity contribution >= 4 is 7.92 Å². The summed E-state index contributed by atoms with van der Waals surface area (Å²) in [4.78, 5) is 0. The van der Waals surface area contributed by atoms with Gasteiger partial charge < -0.3 is 0 Å². The van der Waals surface area contributed by atoms with Crippen LogP contribution in [0.5, 0.6) is 0 Å². The summed E-state index contributed by atoms with van der Waals surface area (Å²) >= 11 is 0. The molecule has 0 saturated heterocycles. The third-order valence-electron chi connectivity index (χ3n) is 6.54. The van der Waals surface area contributed by atoms with Crippen molar-refractivity contribution in [2.45, 2.75) is 113 Å². The van der Waals surface area contributed by atoms with Gasteiger partial charge in [0, 0.05) is 17.1 Å². The first-order chi connectivity index (χ1) is 13.9. The molecule has 0 aromatic heterocycles. The predicted octanol–water partition coefficient (Wildman–Crippen LogP) is 7.79. The molecule has 3 aliphatic carbocycles. The summed E-state index contributed by atoms with van der Waals surface area (Å²) < 4.78 is 15.0. The Morgan fingerprint density at radius 3 is 1.03 bits per heavy atom. The van der Waals surface area contributed by atoms with Crippen LogP contribution in [0.15, 0.2) is 30.3 Å². The van der Waals surface area contributed by atoms with Gasteiger partial charge in [-0.25, -0.2) is 12.1 Å². The monoisotopic (exact) mass is 456 g/mol. The maximum absolute atomic E-state index is 7.50. The Morgan fingerprint density at radius 1 is 0.552 bits per heavy atom. The van der Waals surface area contributed by atoms with Crippen LogP contribution >= 0.6 is 7.92 Å². The van der Waals surface area contributed by atoms with Crippen LogP contribution in [0, 0.1) is 13.3 Å². The minimum absolute atomic E-state index is 0. The standard InChI is InChI=1S/C18H33P.C5H5.2CO.Mn/c1-4-10-16(11-5-1)19(17-12-6-2-7-13-17)18-14-8-3-9-15-18;1-2-4-5-3-1;2*1-2;/h16-18H,1-15H2;1-5H;;;/q;-1;;;. The van der Waals surface area contributed by atoms with Crippen LogP contribution in [0.4, 0.5) is 0 Å². The molecule has 4 heteroatoms. The molecular weight excluding hydrogens is 418 g/mol. The third-order valence-corrected chi connectivity index (χ3v) is 10.6. The molecule has 2 nitrogen and oxygen atoms in total. The molecule has 1 aromatic carbocycles. The van der Waals surface area contributed by atoms with E-state index < -0.39 is 0 Å². The van der Waals surface area contributed by atoms with Crippen molar-refractivity contribution in [3.8, 4) is 0 Å². The SMILES string of the molecule is C1CCC(P(C2CCCCC2)C2CCCCC2)CC1.[C-]#[O+].[C-]#[O+].[Mn].c1cc[cH-]c1. The van der Waals surface area contributed by atoms with E-state index in [2.05, 4.69) is 13.3 Å². The molecular formula is C25H38MnO2P-. The van der Waals surface area contributed by atoms with Gasteiger partial charge in [-0.3, -0.25) is 0 Å². The fraction of sp³-hybridized carbons (Fsp3) is 0.720. The molecule has 3 saturated carbocycles. The van der Waals surface area contributed by atoms with Crippen molar-refractivity contribution in [3.63, 3.8) is 0 Å². The smallest absolute Gasteiger partial charge is 0 e. The van der Waals surface area contributed by atoms with Gasteiger partial charge in [0.2, 0.25) is 0 Å². The molecule has 1 radical (unpaired) electrons. The molecule has 0 N–H and O–H groups in total. The van der Waals surface area contributed by atoms with Crippen molar-refractivity contribution in [2.24, 2.45) is 0 Å². The topological polar surface area (TPSA) is 39.8 Å². The van der Waals surface area contributed by atoms with Crippen LogP contribution in [-0.4, -0.2) is 17.0 Å². The Labute approximate surface area is 191 Å². The Morgan fingerprint density at radius 2 is 0.828 bits per heavy atom. The van der Waals surface area contributed by atoms with E-state index in [9.17, 15) is 0 Å². The summed E-state index contributed by atoms with van der Waals surface area (Å²) in [6.45, 7) is 9.00. The van der Waals surface area contributed by atoms with Crippen molar-refractivity contribution < 1.29 is 26.4 Å². The average molecular weight is 456 g/mol. The fourth-order valence-electron chi connectivity index (χ4n) is 5.35. The zero-order valence-corrected chi connectivity index (χ0v) is 19.9. The maximum Gasteiger partial charge on any atom is 0 e. The van der Waals surface area contributed by atoms with E-state index in [0.29, 0.717) is 7.92 Å². The second-order valence-corrected chi connectivity index (χ2v) is 11.4. The number of rotatable bonds is 3. The number of hydrogen-bond donors (Lipinski definition) is 0. The first kappa shape index (κ1) is 28.8. The van der Waals surface area contributed by atoms with E-state index in [1.54, 1.807) is 77.0 Å². The maximum atomic E-state index is 7.50. The zero-order chi connectivity index (χ0) is 20.5. The van der Waals surface area contributed by atoms with Crippen LogP contribution in [-0.2, 0) is 26.4 Å². The van der Waals surface area contributed by atoms with Gasteiger partial charge in [0.15, 0.2) is 0 Å². The first-order valence-corrected chi connectivity index (χ1v) is 12.8. The van der Waals surface area contributed by atoms with Crippen molar-refractivity contribution in [2.75, 3.05) is 0 Å². The van der Waals surface area contributed by atoms with E-state index >= 15 is 0 Å². The summed E-state index contributed by atoms with van der Waals surface area (Å²) in [5, 5.41) is 0. The fourth-order valence-corrected chi connectivity index (χ4v) is 10.0. The van der Waals surface area contributed by atoms with Gasteiger partial charge >= 0.3 is 22.6 Å². The molecule has 29 heavy (non-hydrogen) atoms.